The van der Waals surface area contributed by atoms with Gasteiger partial charge in [0.05, 0.1) is 6.61 Å². The van der Waals surface area contributed by atoms with E-state index in [-0.39, 0.29) is 10.6 Å². The highest BCUT2D eigenvalue weighted by Gasteiger charge is 2.19. The second-order valence-corrected chi connectivity index (χ2v) is 6.68. The number of hydrogen-bond acceptors (Lipinski definition) is 4. The number of hydrogen-bond donors (Lipinski definition) is 1. The maximum absolute atomic E-state index is 12.0. The highest BCUT2D eigenvalue weighted by atomic mass is 32.2. The number of nitrogens with zero attached hydrogens (tertiary/aromatic N) is 1. The maximum atomic E-state index is 12.0. The van der Waals surface area contributed by atoms with Gasteiger partial charge in [-0.2, -0.15) is 0 Å². The zero-order valence-corrected chi connectivity index (χ0v) is 12.9. The van der Waals surface area contributed by atoms with Crippen molar-refractivity contribution < 1.29 is 17.9 Å². The number of aryl methyl sites for hydroxylation is 1. The Labute approximate surface area is 120 Å². The summed E-state index contributed by atoms with van der Waals surface area (Å²) >= 11 is 0. The molecule has 1 rings (SSSR count). The topological polar surface area (TPSA) is 91.4 Å². The third-order valence-corrected chi connectivity index (χ3v) is 3.68. The van der Waals surface area contributed by atoms with Crippen LogP contribution in [0.25, 0.3) is 0 Å². The standard InChI is InChI=1S/C13H22N2O4S/c1-4-6-15-9-11(20(14,17)18)8-12(15)13(16)19-7-5-10(2)3/h8-10H,4-7H2,1-3H3,(H2,14,17,18). The van der Waals surface area contributed by atoms with Crippen LogP contribution in [0, 0.1) is 5.92 Å². The molecule has 0 aliphatic heterocycles. The van der Waals surface area contributed by atoms with Gasteiger partial charge in [-0.1, -0.05) is 20.8 Å². The summed E-state index contributed by atoms with van der Waals surface area (Å²) in [7, 11) is -3.82. The third kappa shape index (κ3) is 4.64. The Hall–Kier alpha value is -1.34. The minimum atomic E-state index is -3.82. The summed E-state index contributed by atoms with van der Waals surface area (Å²) in [4.78, 5) is 11.9. The van der Waals surface area contributed by atoms with Crippen molar-refractivity contribution in [1.29, 1.82) is 0 Å². The van der Waals surface area contributed by atoms with Gasteiger partial charge in [-0.05, 0) is 24.8 Å². The first-order valence-electron chi connectivity index (χ1n) is 6.65. The lowest BCUT2D eigenvalue weighted by molar-refractivity contribution is 0.0475. The van der Waals surface area contributed by atoms with Crippen molar-refractivity contribution in [1.82, 2.24) is 4.57 Å². The first-order valence-corrected chi connectivity index (χ1v) is 8.20. The lowest BCUT2D eigenvalue weighted by Crippen LogP contribution is -2.13. The molecule has 7 heteroatoms. The van der Waals surface area contributed by atoms with E-state index >= 15 is 0 Å². The molecule has 0 aromatic carbocycles. The van der Waals surface area contributed by atoms with E-state index in [4.69, 9.17) is 9.88 Å². The molecule has 114 valence electrons. The fraction of sp³-hybridized carbons (Fsp3) is 0.615. The molecular weight excluding hydrogens is 280 g/mol. The minimum absolute atomic E-state index is 0.0678. The normalized spacial score (nSPS) is 11.8. The summed E-state index contributed by atoms with van der Waals surface area (Å²) in [6, 6.07) is 1.27. The van der Waals surface area contributed by atoms with E-state index < -0.39 is 16.0 Å². The summed E-state index contributed by atoms with van der Waals surface area (Å²) in [5.41, 5.74) is 0.222. The van der Waals surface area contributed by atoms with Crippen LogP contribution >= 0.6 is 0 Å². The van der Waals surface area contributed by atoms with Crippen LogP contribution in [0.5, 0.6) is 0 Å². The van der Waals surface area contributed by atoms with Crippen molar-refractivity contribution >= 4 is 16.0 Å². The van der Waals surface area contributed by atoms with E-state index in [2.05, 4.69) is 0 Å². The number of ether oxygens (including phenoxy) is 1. The summed E-state index contributed by atoms with van der Waals surface area (Å²) in [5, 5.41) is 5.08. The molecule has 0 aliphatic carbocycles. The van der Waals surface area contributed by atoms with Crippen LogP contribution in [0.15, 0.2) is 17.2 Å². The molecule has 2 N–H and O–H groups in total. The number of rotatable bonds is 7. The van der Waals surface area contributed by atoms with Gasteiger partial charge in [0.2, 0.25) is 10.0 Å². The molecule has 0 bridgehead atoms. The molecule has 0 fully saturated rings. The zero-order valence-electron chi connectivity index (χ0n) is 12.1. The molecule has 0 amide bonds. The third-order valence-electron chi connectivity index (χ3n) is 2.80. The van der Waals surface area contributed by atoms with Crippen LogP contribution in [-0.4, -0.2) is 25.6 Å². The fourth-order valence-corrected chi connectivity index (χ4v) is 2.25. The summed E-state index contributed by atoms with van der Waals surface area (Å²) < 4.78 is 29.4. The smallest absolute Gasteiger partial charge is 0.354 e. The van der Waals surface area contributed by atoms with Gasteiger partial charge in [0, 0.05) is 12.7 Å². The van der Waals surface area contributed by atoms with Crippen LogP contribution in [0.2, 0.25) is 0 Å². The van der Waals surface area contributed by atoms with E-state index in [1.807, 2.05) is 20.8 Å². The fourth-order valence-electron chi connectivity index (χ4n) is 1.70. The monoisotopic (exact) mass is 302 g/mol. The Morgan fingerprint density at radius 3 is 2.60 bits per heavy atom. The highest BCUT2D eigenvalue weighted by molar-refractivity contribution is 7.89. The predicted octanol–water partition coefficient (Wildman–Crippen LogP) is 1.75. The van der Waals surface area contributed by atoms with Gasteiger partial charge >= 0.3 is 5.97 Å². The average Bonchev–Trinajstić information content (AvgIpc) is 2.72. The number of aromatic nitrogens is 1. The number of sulfonamides is 1. The van der Waals surface area contributed by atoms with E-state index in [1.54, 1.807) is 4.57 Å². The van der Waals surface area contributed by atoms with Crippen LogP contribution in [-0.2, 0) is 21.3 Å². The summed E-state index contributed by atoms with van der Waals surface area (Å²) in [6.07, 6.45) is 2.91. The van der Waals surface area contributed by atoms with E-state index in [0.29, 0.717) is 19.1 Å². The Bertz CT molecular complexity index is 561. The van der Waals surface area contributed by atoms with Crippen molar-refractivity contribution in [2.75, 3.05) is 6.61 Å². The minimum Gasteiger partial charge on any atom is -0.461 e. The van der Waals surface area contributed by atoms with Gasteiger partial charge in [0.15, 0.2) is 0 Å². The Balaban J connectivity index is 2.91. The van der Waals surface area contributed by atoms with Gasteiger partial charge in [0.1, 0.15) is 10.6 Å². The molecule has 0 aliphatic rings. The van der Waals surface area contributed by atoms with Gasteiger partial charge in [0.25, 0.3) is 0 Å². The zero-order chi connectivity index (χ0) is 15.3. The summed E-state index contributed by atoms with van der Waals surface area (Å²) in [6.45, 7) is 6.85. The van der Waals surface area contributed by atoms with Crippen molar-refractivity contribution in [3.63, 3.8) is 0 Å². The second-order valence-electron chi connectivity index (χ2n) is 5.12. The van der Waals surface area contributed by atoms with Crippen LogP contribution < -0.4 is 5.14 Å². The lowest BCUT2D eigenvalue weighted by atomic mass is 10.1. The molecule has 0 saturated carbocycles. The molecule has 0 saturated heterocycles. The first kappa shape index (κ1) is 16.7. The van der Waals surface area contributed by atoms with Crippen molar-refractivity contribution in [2.45, 2.75) is 45.1 Å². The number of esters is 1. The number of carbonyl (C=O) groups is 1. The van der Waals surface area contributed by atoms with Crippen LogP contribution in [0.1, 0.15) is 44.1 Å². The SMILES string of the molecule is CCCn1cc(S(N)(=O)=O)cc1C(=O)OCCC(C)C. The van der Waals surface area contributed by atoms with Gasteiger partial charge < -0.3 is 9.30 Å². The van der Waals surface area contributed by atoms with Crippen molar-refractivity contribution in [3.05, 3.63) is 18.0 Å². The molecule has 0 radical (unpaired) electrons. The first-order chi connectivity index (χ1) is 9.25. The van der Waals surface area contributed by atoms with Crippen LogP contribution in [0.4, 0.5) is 0 Å². The second kappa shape index (κ2) is 6.90. The van der Waals surface area contributed by atoms with Gasteiger partial charge in [-0.3, -0.25) is 0 Å². The molecule has 20 heavy (non-hydrogen) atoms. The predicted molar refractivity (Wildman–Crippen MR) is 75.8 cm³/mol. The Kier molecular flexibility index (Phi) is 5.76. The summed E-state index contributed by atoms with van der Waals surface area (Å²) in [5.74, 6) is -0.0841. The van der Waals surface area contributed by atoms with Gasteiger partial charge in [-0.25, -0.2) is 18.4 Å². The maximum Gasteiger partial charge on any atom is 0.354 e. The molecule has 0 atom stereocenters. The molecule has 0 unspecified atom stereocenters. The van der Waals surface area contributed by atoms with Crippen molar-refractivity contribution in [3.8, 4) is 0 Å². The molecule has 1 heterocycles. The molecular formula is C13H22N2O4S. The molecule has 6 nitrogen and oxygen atoms in total. The quantitative estimate of drug-likeness (QED) is 0.777. The van der Waals surface area contributed by atoms with Crippen molar-refractivity contribution in [2.24, 2.45) is 11.1 Å². The van der Waals surface area contributed by atoms with E-state index in [9.17, 15) is 13.2 Å². The number of primary sulfonamides is 1. The van der Waals surface area contributed by atoms with Crippen LogP contribution in [0.3, 0.4) is 0 Å². The Morgan fingerprint density at radius 1 is 1.45 bits per heavy atom. The number of carbonyl (C=O) groups excluding carboxylic acids is 1. The lowest BCUT2D eigenvalue weighted by Gasteiger charge is -2.09. The molecule has 1 aromatic rings. The number of nitrogens with two attached hydrogens (primary N) is 1. The largest absolute Gasteiger partial charge is 0.461 e. The molecule has 0 spiro atoms. The Morgan fingerprint density at radius 2 is 2.10 bits per heavy atom. The van der Waals surface area contributed by atoms with E-state index in [1.165, 1.54) is 12.3 Å². The highest BCUT2D eigenvalue weighted by Crippen LogP contribution is 2.15. The van der Waals surface area contributed by atoms with Gasteiger partial charge in [-0.15, -0.1) is 0 Å². The average molecular weight is 302 g/mol. The van der Waals surface area contributed by atoms with E-state index in [0.717, 1.165) is 12.8 Å². The molecule has 1 aromatic heterocycles.